The maximum Gasteiger partial charge on any atom is 0.244 e. The molecule has 1 fully saturated rings. The van der Waals surface area contributed by atoms with E-state index in [2.05, 4.69) is 21.2 Å². The average Bonchev–Trinajstić information content (AvgIpc) is 3.25. The van der Waals surface area contributed by atoms with E-state index in [9.17, 15) is 18.0 Å². The number of aryl methyl sites for hydroxylation is 1. The summed E-state index contributed by atoms with van der Waals surface area (Å²) in [7, 11) is -3.84. The molecule has 0 spiro atoms. The van der Waals surface area contributed by atoms with Gasteiger partial charge in [-0.15, -0.1) is 0 Å². The number of amides is 2. The number of sulfonamides is 1. The van der Waals surface area contributed by atoms with E-state index >= 15 is 0 Å². The van der Waals surface area contributed by atoms with Crippen molar-refractivity contribution in [1.82, 2.24) is 9.62 Å². The van der Waals surface area contributed by atoms with Crippen LogP contribution < -0.4 is 10.2 Å². The number of fused-ring (bicyclic) bond motifs is 1. The predicted molar refractivity (Wildman–Crippen MR) is 135 cm³/mol. The van der Waals surface area contributed by atoms with Gasteiger partial charge < -0.3 is 10.2 Å². The summed E-state index contributed by atoms with van der Waals surface area (Å²) in [5, 5.41) is 2.96. The summed E-state index contributed by atoms with van der Waals surface area (Å²) in [5.74, 6) is -0.554. The van der Waals surface area contributed by atoms with Gasteiger partial charge in [0.05, 0.1) is 10.8 Å². The third-order valence-electron chi connectivity index (χ3n) is 6.59. The summed E-state index contributed by atoms with van der Waals surface area (Å²) in [6, 6.07) is 11.4. The van der Waals surface area contributed by atoms with E-state index in [1.165, 1.54) is 4.31 Å². The maximum absolute atomic E-state index is 13.6. The molecule has 2 aromatic carbocycles. The molecule has 1 atom stereocenters. The van der Waals surface area contributed by atoms with E-state index in [1.54, 1.807) is 24.0 Å². The smallest absolute Gasteiger partial charge is 0.244 e. The Morgan fingerprint density at radius 2 is 1.88 bits per heavy atom. The highest BCUT2D eigenvalue weighted by Crippen LogP contribution is 2.37. The van der Waals surface area contributed by atoms with Crippen LogP contribution in [0, 0.1) is 12.8 Å². The number of carbonyl (C=O) groups is 2. The van der Waals surface area contributed by atoms with Crippen LogP contribution in [0.5, 0.6) is 0 Å². The molecular formula is C25H30BrN3O4S. The van der Waals surface area contributed by atoms with E-state index in [0.717, 1.165) is 16.7 Å². The molecule has 2 aliphatic rings. The Morgan fingerprint density at radius 3 is 2.59 bits per heavy atom. The molecule has 0 radical (unpaired) electrons. The van der Waals surface area contributed by atoms with Crippen LogP contribution in [0.15, 0.2) is 45.8 Å². The Bertz CT molecular complexity index is 1200. The molecule has 34 heavy (non-hydrogen) atoms. The number of rotatable bonds is 6. The summed E-state index contributed by atoms with van der Waals surface area (Å²) < 4.78 is 29.1. The van der Waals surface area contributed by atoms with Gasteiger partial charge in [0.2, 0.25) is 21.8 Å². The first kappa shape index (κ1) is 24.9. The highest BCUT2D eigenvalue weighted by molar-refractivity contribution is 9.10. The summed E-state index contributed by atoms with van der Waals surface area (Å²) in [6.07, 6.45) is 2.33. The van der Waals surface area contributed by atoms with E-state index in [-0.39, 0.29) is 23.3 Å². The van der Waals surface area contributed by atoms with Gasteiger partial charge in [0.1, 0.15) is 0 Å². The number of nitrogens with one attached hydrogen (secondary N) is 1. The van der Waals surface area contributed by atoms with Crippen molar-refractivity contribution in [3.05, 3.63) is 57.6 Å². The Hall–Kier alpha value is -2.23. The Morgan fingerprint density at radius 1 is 1.15 bits per heavy atom. The largest absolute Gasteiger partial charge is 0.352 e. The molecule has 2 aliphatic heterocycles. The molecule has 9 heteroatoms. The Labute approximate surface area is 209 Å². The zero-order valence-corrected chi connectivity index (χ0v) is 21.9. The van der Waals surface area contributed by atoms with E-state index in [0.29, 0.717) is 55.5 Å². The molecule has 1 unspecified atom stereocenters. The minimum atomic E-state index is -3.84. The number of halogens is 1. The zero-order chi connectivity index (χ0) is 24.5. The fourth-order valence-corrected chi connectivity index (χ4v) is 7.18. The van der Waals surface area contributed by atoms with Crippen LogP contribution in [-0.2, 0) is 32.6 Å². The van der Waals surface area contributed by atoms with Crippen molar-refractivity contribution in [3.63, 3.8) is 0 Å². The van der Waals surface area contributed by atoms with Gasteiger partial charge >= 0.3 is 0 Å². The van der Waals surface area contributed by atoms with Gasteiger partial charge in [-0.25, -0.2) is 8.42 Å². The van der Waals surface area contributed by atoms with Crippen molar-refractivity contribution in [2.24, 2.45) is 5.92 Å². The van der Waals surface area contributed by atoms with Crippen molar-refractivity contribution >= 4 is 43.5 Å². The maximum atomic E-state index is 13.6. The number of carbonyl (C=O) groups excluding carboxylic acids is 2. The minimum absolute atomic E-state index is 0.0206. The van der Waals surface area contributed by atoms with Crippen molar-refractivity contribution in [2.75, 3.05) is 24.5 Å². The molecule has 2 aromatic rings. The van der Waals surface area contributed by atoms with Crippen LogP contribution in [0.3, 0.4) is 0 Å². The molecule has 2 heterocycles. The molecular weight excluding hydrogens is 518 g/mol. The molecule has 1 N–H and O–H groups in total. The van der Waals surface area contributed by atoms with Crippen LogP contribution in [0.25, 0.3) is 0 Å². The van der Waals surface area contributed by atoms with Gasteiger partial charge in [0.15, 0.2) is 0 Å². The summed E-state index contributed by atoms with van der Waals surface area (Å²) in [6.45, 7) is 5.30. The van der Waals surface area contributed by atoms with Gasteiger partial charge in [-0.1, -0.05) is 36.8 Å². The molecule has 2 amide bonds. The topological polar surface area (TPSA) is 86.8 Å². The van der Waals surface area contributed by atoms with Gasteiger partial charge in [0, 0.05) is 42.8 Å². The molecule has 0 bridgehead atoms. The second-order valence-electron chi connectivity index (χ2n) is 8.97. The highest BCUT2D eigenvalue weighted by atomic mass is 79.9. The quantitative estimate of drug-likeness (QED) is 0.596. The van der Waals surface area contributed by atoms with E-state index in [4.69, 9.17) is 0 Å². The van der Waals surface area contributed by atoms with Crippen molar-refractivity contribution in [3.8, 4) is 0 Å². The van der Waals surface area contributed by atoms with Gasteiger partial charge in [-0.2, -0.15) is 4.31 Å². The molecule has 7 nitrogen and oxygen atoms in total. The molecule has 4 rings (SSSR count). The summed E-state index contributed by atoms with van der Waals surface area (Å²) in [4.78, 5) is 27.0. The standard InChI is InChI=1S/C25H30BrN3O4S/c1-3-24(30)29-12-10-19-13-21(26)23(14-22(19)29)34(32,33)28-11-4-5-20(16-28)25(31)27-15-18-8-6-17(2)7-9-18/h6-9,13-14,20H,3-5,10-12,15-16H2,1-2H3,(H,27,31). The molecule has 182 valence electrons. The molecule has 0 saturated carbocycles. The lowest BCUT2D eigenvalue weighted by Crippen LogP contribution is -2.45. The normalized spacial score (nSPS) is 18.6. The number of hydrogen-bond acceptors (Lipinski definition) is 4. The first-order valence-corrected chi connectivity index (χ1v) is 13.9. The van der Waals surface area contributed by atoms with Gasteiger partial charge in [-0.3, -0.25) is 9.59 Å². The number of piperidine rings is 1. The molecule has 0 aromatic heterocycles. The van der Waals surface area contributed by atoms with Crippen LogP contribution in [0.2, 0.25) is 0 Å². The first-order chi connectivity index (χ1) is 16.2. The van der Waals surface area contributed by atoms with Crippen molar-refractivity contribution < 1.29 is 18.0 Å². The van der Waals surface area contributed by atoms with Crippen molar-refractivity contribution in [1.29, 1.82) is 0 Å². The van der Waals surface area contributed by atoms with Crippen LogP contribution in [0.1, 0.15) is 42.9 Å². The molecule has 1 saturated heterocycles. The fourth-order valence-electron chi connectivity index (χ4n) is 4.59. The lowest BCUT2D eigenvalue weighted by atomic mass is 9.98. The second kappa shape index (κ2) is 10.2. The molecule has 0 aliphatic carbocycles. The Balaban J connectivity index is 1.50. The van der Waals surface area contributed by atoms with E-state index < -0.39 is 15.9 Å². The van der Waals surface area contributed by atoms with Crippen LogP contribution in [0.4, 0.5) is 5.69 Å². The highest BCUT2D eigenvalue weighted by Gasteiger charge is 2.36. The SMILES string of the molecule is CCC(=O)N1CCc2cc(Br)c(S(=O)(=O)N3CCCC(C(=O)NCc4ccc(C)cc4)C3)cc21. The third-order valence-corrected chi connectivity index (χ3v) is 9.42. The van der Waals surface area contributed by atoms with Gasteiger partial charge in [0.25, 0.3) is 0 Å². The van der Waals surface area contributed by atoms with Crippen molar-refractivity contribution in [2.45, 2.75) is 51.0 Å². The number of hydrogen-bond donors (Lipinski definition) is 1. The van der Waals surface area contributed by atoms with Crippen LogP contribution >= 0.6 is 15.9 Å². The number of nitrogens with zero attached hydrogens (tertiary/aromatic N) is 2. The van der Waals surface area contributed by atoms with E-state index in [1.807, 2.05) is 31.2 Å². The summed E-state index contributed by atoms with van der Waals surface area (Å²) >= 11 is 3.44. The fraction of sp³-hybridized carbons (Fsp3) is 0.440. The van der Waals surface area contributed by atoms with Gasteiger partial charge in [-0.05, 0) is 65.4 Å². The minimum Gasteiger partial charge on any atom is -0.352 e. The van der Waals surface area contributed by atoms with Crippen LogP contribution in [-0.4, -0.2) is 44.2 Å². The monoisotopic (exact) mass is 547 g/mol. The number of benzene rings is 2. The lowest BCUT2D eigenvalue weighted by molar-refractivity contribution is -0.126. The Kier molecular flexibility index (Phi) is 7.45. The lowest BCUT2D eigenvalue weighted by Gasteiger charge is -2.31. The second-order valence-corrected chi connectivity index (χ2v) is 11.7. The predicted octanol–water partition coefficient (Wildman–Crippen LogP) is 3.77. The summed E-state index contributed by atoms with van der Waals surface area (Å²) in [5.41, 5.74) is 3.79. The number of anilines is 1. The first-order valence-electron chi connectivity index (χ1n) is 11.7. The third kappa shape index (κ3) is 5.06. The average molecular weight is 549 g/mol. The zero-order valence-electron chi connectivity index (χ0n) is 19.5.